The van der Waals surface area contributed by atoms with E-state index >= 15 is 0 Å². The van der Waals surface area contributed by atoms with E-state index in [1.54, 1.807) is 24.8 Å². The summed E-state index contributed by atoms with van der Waals surface area (Å²) in [4.78, 5) is 40.2. The lowest BCUT2D eigenvalue weighted by molar-refractivity contribution is -0.147. The Morgan fingerprint density at radius 1 is 1.11 bits per heavy atom. The van der Waals surface area contributed by atoms with Gasteiger partial charge in [0.05, 0.1) is 0 Å². The van der Waals surface area contributed by atoms with Gasteiger partial charge in [-0.05, 0) is 79.5 Å². The molecule has 0 spiro atoms. The van der Waals surface area contributed by atoms with Gasteiger partial charge in [0.1, 0.15) is 11.8 Å². The van der Waals surface area contributed by atoms with Crippen LogP contribution in [0.25, 0.3) is 0 Å². The molecule has 1 aliphatic rings. The van der Waals surface area contributed by atoms with E-state index in [-0.39, 0.29) is 24.0 Å². The predicted molar refractivity (Wildman–Crippen MR) is 136 cm³/mol. The molecular formula is C28H36N2O5. The van der Waals surface area contributed by atoms with E-state index in [0.29, 0.717) is 42.6 Å². The van der Waals surface area contributed by atoms with Gasteiger partial charge in [-0.1, -0.05) is 39.0 Å². The van der Waals surface area contributed by atoms with Crippen molar-refractivity contribution in [2.75, 3.05) is 11.9 Å². The van der Waals surface area contributed by atoms with E-state index in [1.807, 2.05) is 45.9 Å². The molecule has 1 atom stereocenters. The van der Waals surface area contributed by atoms with E-state index in [9.17, 15) is 19.5 Å². The molecule has 1 aliphatic heterocycles. The fourth-order valence-electron chi connectivity index (χ4n) is 4.51. The SMILES string of the molecule is CCC(C)(C)C(=O)N1CCc2ccc(CCC(=O)O)cc2C1C(=O)Nc1cc(C)c(O)c(C)c1C. The lowest BCUT2D eigenvalue weighted by Crippen LogP contribution is -2.49. The highest BCUT2D eigenvalue weighted by molar-refractivity contribution is 6.00. The van der Waals surface area contributed by atoms with Crippen molar-refractivity contribution < 1.29 is 24.6 Å². The number of aryl methyl sites for hydroxylation is 2. The number of carboxylic acids is 1. The van der Waals surface area contributed by atoms with E-state index in [1.165, 1.54) is 0 Å². The van der Waals surface area contributed by atoms with Crippen LogP contribution in [0.3, 0.4) is 0 Å². The third-order valence-corrected chi connectivity index (χ3v) is 7.35. The summed E-state index contributed by atoms with van der Waals surface area (Å²) in [5.41, 5.74) is 4.63. The summed E-state index contributed by atoms with van der Waals surface area (Å²) in [6.07, 6.45) is 1.60. The van der Waals surface area contributed by atoms with Crippen molar-refractivity contribution in [2.24, 2.45) is 5.41 Å². The molecule has 2 aromatic carbocycles. The summed E-state index contributed by atoms with van der Waals surface area (Å²) in [7, 11) is 0. The van der Waals surface area contributed by atoms with Gasteiger partial charge in [-0.2, -0.15) is 0 Å². The summed E-state index contributed by atoms with van der Waals surface area (Å²) in [6.45, 7) is 11.6. The van der Waals surface area contributed by atoms with Gasteiger partial charge in [-0.3, -0.25) is 14.4 Å². The maximum atomic E-state index is 13.8. The van der Waals surface area contributed by atoms with Crippen LogP contribution >= 0.6 is 0 Å². The van der Waals surface area contributed by atoms with Crippen LogP contribution in [0.15, 0.2) is 24.3 Å². The van der Waals surface area contributed by atoms with Crippen LogP contribution in [0.2, 0.25) is 0 Å². The number of anilines is 1. The van der Waals surface area contributed by atoms with Crippen LogP contribution in [-0.2, 0) is 27.2 Å². The Balaban J connectivity index is 2.07. The summed E-state index contributed by atoms with van der Waals surface area (Å²) in [5, 5.41) is 22.4. The first-order valence-electron chi connectivity index (χ1n) is 12.1. The van der Waals surface area contributed by atoms with Crippen LogP contribution in [0, 0.1) is 26.2 Å². The van der Waals surface area contributed by atoms with Crippen molar-refractivity contribution in [3.63, 3.8) is 0 Å². The number of hydrogen-bond acceptors (Lipinski definition) is 4. The van der Waals surface area contributed by atoms with Crippen molar-refractivity contribution in [1.29, 1.82) is 0 Å². The smallest absolute Gasteiger partial charge is 0.303 e. The first kappa shape index (κ1) is 26.3. The van der Waals surface area contributed by atoms with Crippen molar-refractivity contribution >= 4 is 23.5 Å². The van der Waals surface area contributed by atoms with Gasteiger partial charge >= 0.3 is 5.97 Å². The molecule has 0 aliphatic carbocycles. The zero-order chi connectivity index (χ0) is 26.1. The standard InChI is InChI=1S/C28H36N2O5/c1-7-28(5,6)27(35)30-13-12-20-10-8-19(9-11-23(31)32)15-21(20)24(30)26(34)29-22-14-16(2)25(33)18(4)17(22)3/h8,10,14-15,24,33H,7,9,11-13H2,1-6H3,(H,29,34)(H,31,32). The zero-order valence-corrected chi connectivity index (χ0v) is 21.5. The number of aliphatic carboxylic acids is 1. The number of hydrogen-bond donors (Lipinski definition) is 3. The van der Waals surface area contributed by atoms with Crippen molar-refractivity contribution in [3.05, 3.63) is 57.6 Å². The number of phenolic OH excluding ortho intramolecular Hbond substituents is 1. The number of carboxylic acid groups (broad SMARTS) is 1. The zero-order valence-electron chi connectivity index (χ0n) is 21.5. The molecule has 7 nitrogen and oxygen atoms in total. The average Bonchev–Trinajstić information content (AvgIpc) is 2.83. The Morgan fingerprint density at radius 2 is 1.80 bits per heavy atom. The number of fused-ring (bicyclic) bond motifs is 1. The van der Waals surface area contributed by atoms with Gasteiger partial charge in [0.2, 0.25) is 5.91 Å². The lowest BCUT2D eigenvalue weighted by Gasteiger charge is -2.40. The van der Waals surface area contributed by atoms with Gasteiger partial charge in [0, 0.05) is 24.1 Å². The number of phenols is 1. The summed E-state index contributed by atoms with van der Waals surface area (Å²) >= 11 is 0. The molecule has 35 heavy (non-hydrogen) atoms. The fourth-order valence-corrected chi connectivity index (χ4v) is 4.51. The molecule has 1 heterocycles. The highest BCUT2D eigenvalue weighted by Crippen LogP contribution is 2.37. The third-order valence-electron chi connectivity index (χ3n) is 7.35. The fraction of sp³-hybridized carbons (Fsp3) is 0.464. The number of nitrogens with zero attached hydrogens (tertiary/aromatic N) is 1. The summed E-state index contributed by atoms with van der Waals surface area (Å²) in [5.74, 6) is -1.09. The molecule has 0 saturated heterocycles. The normalized spacial score (nSPS) is 15.5. The maximum Gasteiger partial charge on any atom is 0.303 e. The number of aromatic hydroxyl groups is 1. The quantitative estimate of drug-likeness (QED) is 0.492. The van der Waals surface area contributed by atoms with Gasteiger partial charge in [-0.15, -0.1) is 0 Å². The summed E-state index contributed by atoms with van der Waals surface area (Å²) < 4.78 is 0. The second-order valence-electron chi connectivity index (χ2n) is 10.1. The Hall–Kier alpha value is -3.35. The van der Waals surface area contributed by atoms with E-state index in [0.717, 1.165) is 22.3 Å². The Kier molecular flexibility index (Phi) is 7.58. The number of carbonyl (C=O) groups excluding carboxylic acids is 2. The Morgan fingerprint density at radius 3 is 2.43 bits per heavy atom. The number of carbonyl (C=O) groups is 3. The van der Waals surface area contributed by atoms with Crippen LogP contribution in [0.1, 0.15) is 73.0 Å². The number of benzene rings is 2. The molecule has 188 valence electrons. The van der Waals surface area contributed by atoms with Gasteiger partial charge in [0.15, 0.2) is 0 Å². The number of nitrogens with one attached hydrogen (secondary N) is 1. The van der Waals surface area contributed by atoms with Crippen molar-refractivity contribution in [3.8, 4) is 5.75 Å². The topological polar surface area (TPSA) is 107 Å². The molecule has 2 amide bonds. The highest BCUT2D eigenvalue weighted by atomic mass is 16.4. The molecule has 0 radical (unpaired) electrons. The molecule has 0 saturated carbocycles. The van der Waals surface area contributed by atoms with E-state index < -0.39 is 17.4 Å². The second kappa shape index (κ2) is 10.1. The van der Waals surface area contributed by atoms with Crippen LogP contribution < -0.4 is 5.32 Å². The molecule has 1 unspecified atom stereocenters. The van der Waals surface area contributed by atoms with Crippen LogP contribution in [-0.4, -0.2) is 39.4 Å². The molecule has 0 aromatic heterocycles. The first-order chi connectivity index (χ1) is 16.4. The summed E-state index contributed by atoms with van der Waals surface area (Å²) in [6, 6.07) is 6.63. The molecule has 7 heteroatoms. The second-order valence-corrected chi connectivity index (χ2v) is 10.1. The van der Waals surface area contributed by atoms with E-state index in [2.05, 4.69) is 5.32 Å². The number of rotatable bonds is 7. The van der Waals surface area contributed by atoms with Gasteiger partial charge in [0.25, 0.3) is 5.91 Å². The van der Waals surface area contributed by atoms with Crippen LogP contribution in [0.4, 0.5) is 5.69 Å². The Bertz CT molecular complexity index is 1170. The predicted octanol–water partition coefficient (Wildman–Crippen LogP) is 4.84. The first-order valence-corrected chi connectivity index (χ1v) is 12.1. The monoisotopic (exact) mass is 480 g/mol. The number of amides is 2. The minimum Gasteiger partial charge on any atom is -0.507 e. The highest BCUT2D eigenvalue weighted by Gasteiger charge is 2.41. The largest absolute Gasteiger partial charge is 0.507 e. The maximum absolute atomic E-state index is 13.8. The molecular weight excluding hydrogens is 444 g/mol. The minimum absolute atomic E-state index is 0.00752. The molecule has 2 aromatic rings. The Labute approximate surface area is 207 Å². The average molecular weight is 481 g/mol. The minimum atomic E-state index is -0.882. The van der Waals surface area contributed by atoms with Crippen molar-refractivity contribution in [1.82, 2.24) is 4.90 Å². The third kappa shape index (κ3) is 5.34. The van der Waals surface area contributed by atoms with Gasteiger partial charge < -0.3 is 20.4 Å². The molecule has 0 bridgehead atoms. The molecule has 0 fully saturated rings. The van der Waals surface area contributed by atoms with E-state index in [4.69, 9.17) is 5.11 Å². The van der Waals surface area contributed by atoms with Crippen molar-refractivity contribution in [2.45, 2.75) is 73.3 Å². The molecule has 3 N–H and O–H groups in total. The molecule has 3 rings (SSSR count). The van der Waals surface area contributed by atoms with Gasteiger partial charge in [-0.25, -0.2) is 0 Å². The van der Waals surface area contributed by atoms with Crippen LogP contribution in [0.5, 0.6) is 5.75 Å². The lowest BCUT2D eigenvalue weighted by atomic mass is 9.84.